The monoisotopic (exact) mass is 391 g/mol. The van der Waals surface area contributed by atoms with Gasteiger partial charge in [0, 0.05) is 23.2 Å². The molecule has 1 aliphatic heterocycles. The Morgan fingerprint density at radius 2 is 2.04 bits per heavy atom. The summed E-state index contributed by atoms with van der Waals surface area (Å²) < 4.78 is 20.9. The number of nitrogens with zero attached hydrogens (tertiary/aromatic N) is 1. The van der Waals surface area contributed by atoms with E-state index in [9.17, 15) is 9.59 Å². The van der Waals surface area contributed by atoms with E-state index in [4.69, 9.17) is 30.5 Å². The number of halogens is 1. The van der Waals surface area contributed by atoms with Crippen LogP contribution in [0.25, 0.3) is 0 Å². The maximum Gasteiger partial charge on any atom is 0.413 e. The maximum absolute atomic E-state index is 12.6. The van der Waals surface area contributed by atoms with Crippen molar-refractivity contribution in [3.8, 4) is 5.75 Å². The summed E-state index contributed by atoms with van der Waals surface area (Å²) in [5.41, 5.74) is 2.07. The van der Waals surface area contributed by atoms with Crippen LogP contribution in [0.1, 0.15) is 21.5 Å². The number of amides is 1. The smallest absolute Gasteiger partial charge is 0.413 e. The van der Waals surface area contributed by atoms with Crippen LogP contribution in [-0.4, -0.2) is 33.0 Å². The molecule has 8 heteroatoms. The molecule has 2 aromatic carbocycles. The minimum absolute atomic E-state index is 0.0298. The van der Waals surface area contributed by atoms with Gasteiger partial charge in [-0.25, -0.2) is 9.59 Å². The Bertz CT molecular complexity index is 869. The molecule has 2 aromatic rings. The number of para-hydroxylation sites is 1. The summed E-state index contributed by atoms with van der Waals surface area (Å²) in [7, 11) is 2.78. The topological polar surface area (TPSA) is 74.3 Å². The molecule has 1 aliphatic rings. The Morgan fingerprint density at radius 3 is 2.81 bits per heavy atom. The lowest BCUT2D eigenvalue weighted by Crippen LogP contribution is -2.27. The van der Waals surface area contributed by atoms with E-state index in [0.717, 1.165) is 5.56 Å². The lowest BCUT2D eigenvalue weighted by molar-refractivity contribution is -0.0180. The van der Waals surface area contributed by atoms with E-state index in [2.05, 4.69) is 0 Å². The molecule has 3 rings (SSSR count). The molecule has 0 aromatic heterocycles. The predicted molar refractivity (Wildman–Crippen MR) is 98.1 cm³/mol. The molecule has 0 atom stereocenters. The molecule has 0 N–H and O–H groups in total. The van der Waals surface area contributed by atoms with Crippen LogP contribution < -0.4 is 9.64 Å². The average Bonchev–Trinajstić information content (AvgIpc) is 2.70. The number of benzene rings is 2. The lowest BCUT2D eigenvalue weighted by Gasteiger charge is -2.21. The highest BCUT2D eigenvalue weighted by Gasteiger charge is 2.21. The zero-order valence-corrected chi connectivity index (χ0v) is 15.6. The first-order chi connectivity index (χ1) is 13.0. The second-order valence-corrected chi connectivity index (χ2v) is 6.22. The van der Waals surface area contributed by atoms with Gasteiger partial charge in [0.1, 0.15) is 12.4 Å². The number of carbonyl (C=O) groups excluding carboxylic acids is 2. The number of hydrogen-bond acceptors (Lipinski definition) is 6. The van der Waals surface area contributed by atoms with Crippen molar-refractivity contribution >= 4 is 29.4 Å². The molecule has 0 aliphatic carbocycles. The first kappa shape index (κ1) is 19.0. The number of ether oxygens (including phenoxy) is 4. The molecule has 0 saturated carbocycles. The maximum atomic E-state index is 12.6. The highest BCUT2D eigenvalue weighted by atomic mass is 35.5. The Balaban J connectivity index is 1.80. The van der Waals surface area contributed by atoms with Gasteiger partial charge in [-0.1, -0.05) is 23.7 Å². The molecule has 0 spiro atoms. The van der Waals surface area contributed by atoms with Crippen molar-refractivity contribution in [2.75, 3.05) is 25.9 Å². The van der Waals surface area contributed by atoms with Crippen molar-refractivity contribution in [3.05, 3.63) is 58.1 Å². The second kappa shape index (κ2) is 8.28. The number of rotatable bonds is 4. The van der Waals surface area contributed by atoms with E-state index in [0.29, 0.717) is 28.6 Å². The highest BCUT2D eigenvalue weighted by Crippen LogP contribution is 2.32. The molecule has 7 nitrogen and oxygen atoms in total. The average molecular weight is 392 g/mol. The van der Waals surface area contributed by atoms with Crippen LogP contribution in [0.4, 0.5) is 10.5 Å². The van der Waals surface area contributed by atoms with Gasteiger partial charge in [0.2, 0.25) is 0 Å². The summed E-state index contributed by atoms with van der Waals surface area (Å²) >= 11 is 6.12. The first-order valence-electron chi connectivity index (χ1n) is 8.11. The number of hydrogen-bond donors (Lipinski definition) is 0. The number of esters is 1. The second-order valence-electron chi connectivity index (χ2n) is 5.79. The molecule has 1 heterocycles. The SMILES string of the molecule is COC(=O)N(C)c1ccccc1C(=O)OCc1cc(Cl)cc2c1OCOC2. The van der Waals surface area contributed by atoms with E-state index in [1.54, 1.807) is 36.4 Å². The molecule has 0 bridgehead atoms. The zero-order valence-electron chi connectivity index (χ0n) is 14.9. The van der Waals surface area contributed by atoms with Crippen molar-refractivity contribution < 1.29 is 28.5 Å². The van der Waals surface area contributed by atoms with E-state index in [1.807, 2.05) is 0 Å². The van der Waals surface area contributed by atoms with Crippen molar-refractivity contribution in [2.24, 2.45) is 0 Å². The lowest BCUT2D eigenvalue weighted by atomic mass is 10.1. The van der Waals surface area contributed by atoms with Gasteiger partial charge in [0.25, 0.3) is 0 Å². The fraction of sp³-hybridized carbons (Fsp3) is 0.263. The van der Waals surface area contributed by atoms with Gasteiger partial charge in [-0.2, -0.15) is 0 Å². The number of carbonyl (C=O) groups is 2. The van der Waals surface area contributed by atoms with Crippen LogP contribution in [0.5, 0.6) is 5.75 Å². The van der Waals surface area contributed by atoms with Crippen LogP contribution in [0, 0.1) is 0 Å². The summed E-state index contributed by atoms with van der Waals surface area (Å²) in [5.74, 6) is 0.0283. The third kappa shape index (κ3) is 4.15. The van der Waals surface area contributed by atoms with Gasteiger partial charge in [-0.05, 0) is 24.3 Å². The molecule has 1 amide bonds. The minimum atomic E-state index is -0.590. The highest BCUT2D eigenvalue weighted by molar-refractivity contribution is 6.30. The van der Waals surface area contributed by atoms with Gasteiger partial charge in [0.05, 0.1) is 25.0 Å². The third-order valence-corrected chi connectivity index (χ3v) is 4.26. The number of methoxy groups -OCH3 is 1. The van der Waals surface area contributed by atoms with Gasteiger partial charge in [0.15, 0.2) is 6.79 Å². The van der Waals surface area contributed by atoms with Gasteiger partial charge in [-0.3, -0.25) is 4.90 Å². The first-order valence-corrected chi connectivity index (χ1v) is 8.48. The molecule has 142 valence electrons. The standard InChI is InChI=1S/C19H18ClNO6/c1-21(19(23)24-2)16-6-4-3-5-15(16)18(22)26-10-13-8-14(20)7-12-9-25-11-27-17(12)13/h3-8H,9-11H2,1-2H3. The molecule has 0 unspecified atom stereocenters. The Labute approximate surface area is 161 Å². The number of anilines is 1. The Morgan fingerprint density at radius 1 is 1.26 bits per heavy atom. The largest absolute Gasteiger partial charge is 0.467 e. The summed E-state index contributed by atoms with van der Waals surface area (Å²) in [6.45, 7) is 0.476. The molecule has 0 radical (unpaired) electrons. The fourth-order valence-corrected chi connectivity index (χ4v) is 3.02. The van der Waals surface area contributed by atoms with Gasteiger partial charge >= 0.3 is 12.1 Å². The summed E-state index contributed by atoms with van der Waals surface area (Å²) in [6.07, 6.45) is -0.590. The van der Waals surface area contributed by atoms with Gasteiger partial charge in [-0.15, -0.1) is 0 Å². The third-order valence-electron chi connectivity index (χ3n) is 4.04. The number of fused-ring (bicyclic) bond motifs is 1. The van der Waals surface area contributed by atoms with Crippen molar-refractivity contribution in [1.82, 2.24) is 0 Å². The summed E-state index contributed by atoms with van der Waals surface area (Å²) in [6, 6.07) is 10.1. The van der Waals surface area contributed by atoms with Crippen LogP contribution in [-0.2, 0) is 27.4 Å². The molecule has 0 saturated heterocycles. The van der Waals surface area contributed by atoms with E-state index < -0.39 is 12.1 Å². The van der Waals surface area contributed by atoms with E-state index >= 15 is 0 Å². The molecular weight excluding hydrogens is 374 g/mol. The van der Waals surface area contributed by atoms with Crippen molar-refractivity contribution in [1.29, 1.82) is 0 Å². The Hall–Kier alpha value is -2.77. The quantitative estimate of drug-likeness (QED) is 0.739. The molecular formula is C19H18ClNO6. The minimum Gasteiger partial charge on any atom is -0.467 e. The Kier molecular flexibility index (Phi) is 5.83. The van der Waals surface area contributed by atoms with Gasteiger partial charge < -0.3 is 18.9 Å². The fourth-order valence-electron chi connectivity index (χ4n) is 2.76. The predicted octanol–water partition coefficient (Wildman–Crippen LogP) is 3.77. The van der Waals surface area contributed by atoms with Crippen molar-refractivity contribution in [2.45, 2.75) is 13.2 Å². The van der Waals surface area contributed by atoms with E-state index in [1.165, 1.54) is 19.1 Å². The summed E-state index contributed by atoms with van der Waals surface area (Å²) in [5, 5.41) is 0.500. The normalized spacial score (nSPS) is 12.6. The summed E-state index contributed by atoms with van der Waals surface area (Å²) in [4.78, 5) is 25.6. The van der Waals surface area contributed by atoms with Crippen LogP contribution in [0.15, 0.2) is 36.4 Å². The molecule has 27 heavy (non-hydrogen) atoms. The van der Waals surface area contributed by atoms with Crippen LogP contribution in [0.3, 0.4) is 0 Å². The van der Waals surface area contributed by atoms with Crippen molar-refractivity contribution in [3.63, 3.8) is 0 Å². The molecule has 0 fully saturated rings. The van der Waals surface area contributed by atoms with Crippen LogP contribution in [0.2, 0.25) is 5.02 Å². The zero-order chi connectivity index (χ0) is 19.4. The van der Waals surface area contributed by atoms with Crippen LogP contribution >= 0.6 is 11.6 Å². The van der Waals surface area contributed by atoms with E-state index in [-0.39, 0.29) is 19.0 Å².